The molecular formula is C23H25NO5. The van der Waals surface area contributed by atoms with Crippen molar-refractivity contribution in [2.75, 3.05) is 18.1 Å². The van der Waals surface area contributed by atoms with Gasteiger partial charge >= 0.3 is 5.97 Å². The van der Waals surface area contributed by atoms with Gasteiger partial charge in [0.25, 0.3) is 5.91 Å². The highest BCUT2D eigenvalue weighted by atomic mass is 16.5. The Bertz CT molecular complexity index is 921. The van der Waals surface area contributed by atoms with Gasteiger partial charge in [0, 0.05) is 11.1 Å². The van der Waals surface area contributed by atoms with E-state index in [2.05, 4.69) is 6.92 Å². The van der Waals surface area contributed by atoms with Crippen molar-refractivity contribution >= 4 is 23.3 Å². The SMILES string of the molecule is CCCc1ccc(C(=O)C[C@@]2(O)C(=O)N(CC(=O)OCC)c3ccccc32)cc1. The first-order valence-corrected chi connectivity index (χ1v) is 9.82. The number of ketones is 1. The minimum absolute atomic E-state index is 0.194. The van der Waals surface area contributed by atoms with Gasteiger partial charge in [0.05, 0.1) is 18.7 Å². The number of amides is 1. The molecule has 1 heterocycles. The van der Waals surface area contributed by atoms with Crippen LogP contribution in [0.15, 0.2) is 48.5 Å². The van der Waals surface area contributed by atoms with Crippen LogP contribution in [0.3, 0.4) is 0 Å². The molecule has 0 unspecified atom stereocenters. The number of hydrogen-bond acceptors (Lipinski definition) is 5. The number of hydrogen-bond donors (Lipinski definition) is 1. The lowest BCUT2D eigenvalue weighted by Crippen LogP contribution is -2.44. The van der Waals surface area contributed by atoms with E-state index < -0.39 is 23.9 Å². The predicted molar refractivity (Wildman–Crippen MR) is 109 cm³/mol. The fraction of sp³-hybridized carbons (Fsp3) is 0.348. The van der Waals surface area contributed by atoms with Gasteiger partial charge in [0.15, 0.2) is 11.4 Å². The number of carbonyl (C=O) groups excluding carboxylic acids is 3. The molecule has 1 atom stereocenters. The number of Topliss-reactive ketones (excluding diaryl/α,β-unsaturated/α-hetero) is 1. The number of benzene rings is 2. The predicted octanol–water partition coefficient (Wildman–Crippen LogP) is 3.01. The summed E-state index contributed by atoms with van der Waals surface area (Å²) in [6, 6.07) is 13.9. The molecule has 0 fully saturated rings. The van der Waals surface area contributed by atoms with Crippen LogP contribution in [0.1, 0.15) is 48.2 Å². The molecule has 0 aromatic heterocycles. The number of fused-ring (bicyclic) bond motifs is 1. The highest BCUT2D eigenvalue weighted by Gasteiger charge is 2.51. The Morgan fingerprint density at radius 2 is 1.76 bits per heavy atom. The maximum Gasteiger partial charge on any atom is 0.326 e. The maximum absolute atomic E-state index is 13.0. The van der Waals surface area contributed by atoms with Crippen molar-refractivity contribution in [2.24, 2.45) is 0 Å². The van der Waals surface area contributed by atoms with E-state index in [1.165, 1.54) is 4.90 Å². The zero-order chi connectivity index (χ0) is 21.0. The average Bonchev–Trinajstić information content (AvgIpc) is 2.91. The molecular weight excluding hydrogens is 370 g/mol. The summed E-state index contributed by atoms with van der Waals surface area (Å²) < 4.78 is 4.94. The van der Waals surface area contributed by atoms with Crippen molar-refractivity contribution in [3.05, 3.63) is 65.2 Å². The van der Waals surface area contributed by atoms with Crippen molar-refractivity contribution in [3.63, 3.8) is 0 Å². The molecule has 1 aliphatic rings. The van der Waals surface area contributed by atoms with Crippen molar-refractivity contribution in [1.82, 2.24) is 0 Å². The van der Waals surface area contributed by atoms with Gasteiger partial charge in [-0.1, -0.05) is 55.8 Å². The summed E-state index contributed by atoms with van der Waals surface area (Å²) >= 11 is 0. The fourth-order valence-corrected chi connectivity index (χ4v) is 3.65. The quantitative estimate of drug-likeness (QED) is 0.549. The minimum Gasteiger partial charge on any atom is -0.465 e. The number of esters is 1. The van der Waals surface area contributed by atoms with Gasteiger partial charge in [-0.05, 0) is 25.0 Å². The third-order valence-electron chi connectivity index (χ3n) is 5.06. The second-order valence-electron chi connectivity index (χ2n) is 7.12. The second-order valence-corrected chi connectivity index (χ2v) is 7.12. The molecule has 2 aromatic rings. The molecule has 152 valence electrons. The summed E-state index contributed by atoms with van der Waals surface area (Å²) in [5, 5.41) is 11.2. The summed E-state index contributed by atoms with van der Waals surface area (Å²) in [6.07, 6.45) is 1.54. The molecule has 3 rings (SSSR count). The van der Waals surface area contributed by atoms with Crippen molar-refractivity contribution in [2.45, 2.75) is 38.7 Å². The number of anilines is 1. The van der Waals surface area contributed by atoms with Crippen LogP contribution in [0.4, 0.5) is 5.69 Å². The number of nitrogens with zero attached hydrogens (tertiary/aromatic N) is 1. The Balaban J connectivity index is 1.86. The van der Waals surface area contributed by atoms with E-state index >= 15 is 0 Å². The number of rotatable bonds is 8. The maximum atomic E-state index is 13.0. The smallest absolute Gasteiger partial charge is 0.326 e. The van der Waals surface area contributed by atoms with Crippen LogP contribution in [0.5, 0.6) is 0 Å². The van der Waals surface area contributed by atoms with Gasteiger partial charge in [0.2, 0.25) is 0 Å². The van der Waals surface area contributed by atoms with Crippen LogP contribution < -0.4 is 4.90 Å². The highest BCUT2D eigenvalue weighted by Crippen LogP contribution is 2.42. The van der Waals surface area contributed by atoms with Crippen molar-refractivity contribution in [1.29, 1.82) is 0 Å². The van der Waals surface area contributed by atoms with Crippen LogP contribution in [0, 0.1) is 0 Å². The molecule has 0 saturated carbocycles. The molecule has 2 aromatic carbocycles. The Hall–Kier alpha value is -2.99. The van der Waals surface area contributed by atoms with E-state index in [0.717, 1.165) is 18.4 Å². The topological polar surface area (TPSA) is 83.9 Å². The first-order valence-electron chi connectivity index (χ1n) is 9.82. The normalized spacial score (nSPS) is 17.9. The van der Waals surface area contributed by atoms with E-state index in [9.17, 15) is 19.5 Å². The molecule has 1 aliphatic heterocycles. The molecule has 0 aliphatic carbocycles. The molecule has 29 heavy (non-hydrogen) atoms. The molecule has 0 spiro atoms. The standard InChI is InChI=1S/C23H25NO5/c1-3-7-16-10-12-17(13-11-16)20(25)14-23(28)18-8-5-6-9-19(18)24(22(23)27)15-21(26)29-4-2/h5-6,8-13,28H,3-4,7,14-15H2,1-2H3/t23-/m0/s1. The number of ether oxygens (including phenoxy) is 1. The lowest BCUT2D eigenvalue weighted by atomic mass is 9.88. The van der Waals surface area contributed by atoms with E-state index in [1.54, 1.807) is 43.3 Å². The van der Waals surface area contributed by atoms with Crippen LogP contribution in [-0.2, 0) is 26.3 Å². The van der Waals surface area contributed by atoms with Crippen LogP contribution >= 0.6 is 0 Å². The Morgan fingerprint density at radius 3 is 2.41 bits per heavy atom. The second kappa shape index (κ2) is 8.57. The summed E-state index contributed by atoms with van der Waals surface area (Å²) in [4.78, 5) is 39.0. The zero-order valence-corrected chi connectivity index (χ0v) is 16.7. The monoisotopic (exact) mass is 395 g/mol. The summed E-state index contributed by atoms with van der Waals surface area (Å²) in [5.41, 5.74) is 0.296. The Morgan fingerprint density at radius 1 is 1.07 bits per heavy atom. The minimum atomic E-state index is -2.01. The molecule has 0 bridgehead atoms. The van der Waals surface area contributed by atoms with Crippen LogP contribution in [0.2, 0.25) is 0 Å². The van der Waals surface area contributed by atoms with Crippen molar-refractivity contribution < 1.29 is 24.2 Å². The lowest BCUT2D eigenvalue weighted by Gasteiger charge is -2.22. The third kappa shape index (κ3) is 4.07. The largest absolute Gasteiger partial charge is 0.465 e. The van der Waals surface area contributed by atoms with Gasteiger partial charge in [-0.15, -0.1) is 0 Å². The first kappa shape index (κ1) is 20.7. The van der Waals surface area contributed by atoms with Gasteiger partial charge in [-0.25, -0.2) is 0 Å². The lowest BCUT2D eigenvalue weighted by molar-refractivity contribution is -0.144. The molecule has 1 N–H and O–H groups in total. The average molecular weight is 395 g/mol. The van der Waals surface area contributed by atoms with Crippen LogP contribution in [-0.4, -0.2) is 35.9 Å². The molecule has 6 nitrogen and oxygen atoms in total. The number of aliphatic hydroxyl groups is 1. The van der Waals surface area contributed by atoms with E-state index in [0.29, 0.717) is 16.8 Å². The number of carbonyl (C=O) groups is 3. The Labute approximate surface area is 170 Å². The van der Waals surface area contributed by atoms with Crippen LogP contribution in [0.25, 0.3) is 0 Å². The van der Waals surface area contributed by atoms with E-state index in [4.69, 9.17) is 4.74 Å². The molecule has 0 saturated heterocycles. The zero-order valence-electron chi connectivity index (χ0n) is 16.7. The molecule has 0 radical (unpaired) electrons. The van der Waals surface area contributed by atoms with Gasteiger partial charge in [-0.3, -0.25) is 19.3 Å². The molecule has 6 heteroatoms. The summed E-state index contributed by atoms with van der Waals surface area (Å²) in [5.74, 6) is -1.60. The number of aryl methyl sites for hydroxylation is 1. The van der Waals surface area contributed by atoms with Crippen molar-refractivity contribution in [3.8, 4) is 0 Å². The van der Waals surface area contributed by atoms with E-state index in [-0.39, 0.29) is 18.9 Å². The fourth-order valence-electron chi connectivity index (χ4n) is 3.65. The van der Waals surface area contributed by atoms with Gasteiger partial charge < -0.3 is 9.84 Å². The number of para-hydroxylation sites is 1. The third-order valence-corrected chi connectivity index (χ3v) is 5.06. The summed E-state index contributed by atoms with van der Waals surface area (Å²) in [7, 11) is 0. The molecule has 1 amide bonds. The van der Waals surface area contributed by atoms with E-state index in [1.807, 2.05) is 12.1 Å². The summed E-state index contributed by atoms with van der Waals surface area (Å²) in [6.45, 7) is 3.64. The Kier molecular flexibility index (Phi) is 6.13. The highest BCUT2D eigenvalue weighted by molar-refractivity contribution is 6.12. The van der Waals surface area contributed by atoms with Gasteiger partial charge in [-0.2, -0.15) is 0 Å². The first-order chi connectivity index (χ1) is 13.9. The van der Waals surface area contributed by atoms with Gasteiger partial charge in [0.1, 0.15) is 6.54 Å².